The molecule has 1 unspecified atom stereocenters. The number of anilines is 1. The summed E-state index contributed by atoms with van der Waals surface area (Å²) in [5.74, 6) is -0.857. The van der Waals surface area contributed by atoms with Gasteiger partial charge in [0.1, 0.15) is 12.6 Å². The van der Waals surface area contributed by atoms with Gasteiger partial charge in [0, 0.05) is 22.6 Å². The molecule has 0 fully saturated rings. The molecule has 0 aliphatic heterocycles. The van der Waals surface area contributed by atoms with E-state index in [0.717, 1.165) is 14.3 Å². The van der Waals surface area contributed by atoms with Crippen molar-refractivity contribution in [1.82, 2.24) is 10.2 Å². The summed E-state index contributed by atoms with van der Waals surface area (Å²) in [5.41, 5.74) is 1.61. The molecule has 0 saturated carbocycles. The number of carbonyl (C=O) groups is 2. The van der Waals surface area contributed by atoms with E-state index in [4.69, 9.17) is 11.6 Å². The molecule has 0 aliphatic rings. The highest BCUT2D eigenvalue weighted by atomic mass is 79.9. The van der Waals surface area contributed by atoms with E-state index in [1.54, 1.807) is 57.2 Å². The number of hydrogen-bond donors (Lipinski definition) is 1. The van der Waals surface area contributed by atoms with E-state index < -0.39 is 28.5 Å². The number of carbonyl (C=O) groups excluding carboxylic acids is 2. The molecule has 1 N–H and O–H groups in total. The van der Waals surface area contributed by atoms with Crippen LogP contribution < -0.4 is 9.62 Å². The second-order valence-electron chi connectivity index (χ2n) is 8.43. The zero-order valence-electron chi connectivity index (χ0n) is 20.8. The van der Waals surface area contributed by atoms with Crippen LogP contribution in [0.4, 0.5) is 5.69 Å². The van der Waals surface area contributed by atoms with Crippen LogP contribution in [0.15, 0.2) is 82.2 Å². The highest BCUT2D eigenvalue weighted by molar-refractivity contribution is 9.10. The second kappa shape index (κ2) is 12.6. The van der Waals surface area contributed by atoms with E-state index in [2.05, 4.69) is 21.2 Å². The van der Waals surface area contributed by atoms with Crippen molar-refractivity contribution in [3.63, 3.8) is 0 Å². The number of halogens is 2. The van der Waals surface area contributed by atoms with Gasteiger partial charge in [0.15, 0.2) is 0 Å². The molecule has 2 amide bonds. The lowest BCUT2D eigenvalue weighted by Gasteiger charge is -2.32. The topological polar surface area (TPSA) is 86.8 Å². The molecule has 1 atom stereocenters. The van der Waals surface area contributed by atoms with Gasteiger partial charge < -0.3 is 10.2 Å². The molecule has 0 spiro atoms. The molecule has 10 heteroatoms. The fourth-order valence-corrected chi connectivity index (χ4v) is 5.72. The zero-order chi connectivity index (χ0) is 27.2. The molecule has 3 aromatic carbocycles. The van der Waals surface area contributed by atoms with Crippen molar-refractivity contribution in [1.29, 1.82) is 0 Å². The Morgan fingerprint density at radius 1 is 1.00 bits per heavy atom. The number of likely N-dealkylation sites (N-methyl/N-ethyl adjacent to an activating group) is 1. The molecule has 0 radical (unpaired) electrons. The Bertz CT molecular complexity index is 1350. The minimum Gasteiger partial charge on any atom is -0.355 e. The van der Waals surface area contributed by atoms with E-state index in [1.165, 1.54) is 17.0 Å². The summed E-state index contributed by atoms with van der Waals surface area (Å²) in [6.07, 6.45) is 0. The van der Waals surface area contributed by atoms with Gasteiger partial charge >= 0.3 is 0 Å². The molecule has 196 valence electrons. The zero-order valence-corrected chi connectivity index (χ0v) is 24.0. The summed E-state index contributed by atoms with van der Waals surface area (Å²) >= 11 is 9.73. The maximum atomic E-state index is 13.8. The van der Waals surface area contributed by atoms with E-state index in [1.807, 2.05) is 24.3 Å². The van der Waals surface area contributed by atoms with E-state index >= 15 is 0 Å². The van der Waals surface area contributed by atoms with E-state index in [9.17, 15) is 18.0 Å². The highest BCUT2D eigenvalue weighted by Gasteiger charge is 2.33. The molecule has 0 aromatic heterocycles. The van der Waals surface area contributed by atoms with Gasteiger partial charge in [-0.1, -0.05) is 63.9 Å². The molecule has 0 saturated heterocycles. The van der Waals surface area contributed by atoms with Crippen LogP contribution in [0.3, 0.4) is 0 Å². The first kappa shape index (κ1) is 28.7. The summed E-state index contributed by atoms with van der Waals surface area (Å²) in [5, 5.41) is 3.12. The summed E-state index contributed by atoms with van der Waals surface area (Å²) in [6.45, 7) is 5.13. The monoisotopic (exact) mass is 605 g/mol. The lowest BCUT2D eigenvalue weighted by atomic mass is 10.1. The molecule has 0 bridgehead atoms. The van der Waals surface area contributed by atoms with Gasteiger partial charge in [0.25, 0.3) is 10.0 Å². The first-order chi connectivity index (χ1) is 17.6. The van der Waals surface area contributed by atoms with Crippen LogP contribution in [0.5, 0.6) is 0 Å². The van der Waals surface area contributed by atoms with Crippen molar-refractivity contribution >= 4 is 55.1 Å². The maximum Gasteiger partial charge on any atom is 0.264 e. The fourth-order valence-electron chi connectivity index (χ4n) is 3.79. The fraction of sp³-hybridized carbons (Fsp3) is 0.259. The quantitative estimate of drug-likeness (QED) is 0.346. The first-order valence-electron chi connectivity index (χ1n) is 11.7. The largest absolute Gasteiger partial charge is 0.355 e. The Morgan fingerprint density at radius 3 is 2.27 bits per heavy atom. The molecule has 0 heterocycles. The average Bonchev–Trinajstić information content (AvgIpc) is 2.88. The van der Waals surface area contributed by atoms with Crippen molar-refractivity contribution in [2.24, 2.45) is 0 Å². The number of rotatable bonds is 10. The second-order valence-corrected chi connectivity index (χ2v) is 11.6. The van der Waals surface area contributed by atoms with E-state index in [-0.39, 0.29) is 17.3 Å². The van der Waals surface area contributed by atoms with Gasteiger partial charge in [-0.25, -0.2) is 8.42 Å². The normalized spacial score (nSPS) is 12.0. The third-order valence-corrected chi connectivity index (χ3v) is 8.61. The highest BCUT2D eigenvalue weighted by Crippen LogP contribution is 2.31. The van der Waals surface area contributed by atoms with Gasteiger partial charge in [0.2, 0.25) is 11.8 Å². The minimum absolute atomic E-state index is 0.0402. The summed E-state index contributed by atoms with van der Waals surface area (Å²) in [4.78, 5) is 28.0. The smallest absolute Gasteiger partial charge is 0.264 e. The average molecular weight is 607 g/mol. The third kappa shape index (κ3) is 6.91. The van der Waals surface area contributed by atoms with Gasteiger partial charge in [-0.2, -0.15) is 0 Å². The Labute approximate surface area is 231 Å². The number of hydrogen-bond acceptors (Lipinski definition) is 4. The number of nitrogens with zero attached hydrogens (tertiary/aromatic N) is 2. The summed E-state index contributed by atoms with van der Waals surface area (Å²) in [6, 6.07) is 19.4. The molecule has 3 aromatic rings. The number of amides is 2. The Kier molecular flexibility index (Phi) is 9.75. The first-order valence-corrected chi connectivity index (χ1v) is 14.3. The van der Waals surface area contributed by atoms with Gasteiger partial charge in [-0.15, -0.1) is 0 Å². The number of nitrogens with one attached hydrogen (secondary N) is 1. The van der Waals surface area contributed by atoms with Crippen LogP contribution in [-0.4, -0.2) is 44.3 Å². The number of sulfonamides is 1. The standard InChI is InChI=1S/C27H29BrClN3O4S/c1-4-30-27(34)20(3)31(17-21-13-15-22(28)16-14-21)26(33)18-32(25-12-8-11-24(29)19(25)2)37(35,36)23-9-6-5-7-10-23/h5-16,20H,4,17-18H2,1-3H3,(H,30,34). The molecule has 3 rings (SSSR count). The molecule has 37 heavy (non-hydrogen) atoms. The predicted octanol–water partition coefficient (Wildman–Crippen LogP) is 5.16. The number of benzene rings is 3. The van der Waals surface area contributed by atoms with Crippen molar-refractivity contribution in [3.8, 4) is 0 Å². The van der Waals surface area contributed by atoms with Crippen molar-refractivity contribution < 1.29 is 18.0 Å². The van der Waals surface area contributed by atoms with Gasteiger partial charge in [0.05, 0.1) is 10.6 Å². The maximum absolute atomic E-state index is 13.8. The minimum atomic E-state index is -4.14. The van der Waals surface area contributed by atoms with Crippen LogP contribution in [0.25, 0.3) is 0 Å². The molecule has 0 aliphatic carbocycles. The van der Waals surface area contributed by atoms with Crippen LogP contribution in [0.2, 0.25) is 5.02 Å². The molecular formula is C27H29BrClN3O4S. The SMILES string of the molecule is CCNC(=O)C(C)N(Cc1ccc(Br)cc1)C(=O)CN(c1cccc(Cl)c1C)S(=O)(=O)c1ccccc1. The lowest BCUT2D eigenvalue weighted by molar-refractivity contribution is -0.139. The summed E-state index contributed by atoms with van der Waals surface area (Å²) in [7, 11) is -4.14. The molecular weight excluding hydrogens is 578 g/mol. The van der Waals surface area contributed by atoms with Crippen LogP contribution in [-0.2, 0) is 26.2 Å². The third-order valence-electron chi connectivity index (χ3n) is 5.90. The van der Waals surface area contributed by atoms with Crippen molar-refractivity contribution in [2.75, 3.05) is 17.4 Å². The molecule has 7 nitrogen and oxygen atoms in total. The lowest BCUT2D eigenvalue weighted by Crippen LogP contribution is -2.51. The summed E-state index contributed by atoms with van der Waals surface area (Å²) < 4.78 is 29.5. The van der Waals surface area contributed by atoms with Crippen LogP contribution in [0.1, 0.15) is 25.0 Å². The predicted molar refractivity (Wildman–Crippen MR) is 150 cm³/mol. The van der Waals surface area contributed by atoms with Crippen molar-refractivity contribution in [3.05, 3.63) is 93.4 Å². The van der Waals surface area contributed by atoms with Gasteiger partial charge in [-0.3, -0.25) is 13.9 Å². The van der Waals surface area contributed by atoms with Crippen LogP contribution >= 0.6 is 27.5 Å². The Hall–Kier alpha value is -2.88. The van der Waals surface area contributed by atoms with E-state index in [0.29, 0.717) is 22.8 Å². The van der Waals surface area contributed by atoms with Crippen molar-refractivity contribution in [2.45, 2.75) is 38.3 Å². The Morgan fingerprint density at radius 2 is 1.65 bits per heavy atom. The van der Waals surface area contributed by atoms with Gasteiger partial charge in [-0.05, 0) is 68.3 Å². The van der Waals surface area contributed by atoms with Crippen LogP contribution in [0, 0.1) is 6.92 Å². The Balaban J connectivity index is 2.06.